The molecular formula is C16H15F2N3O. The van der Waals surface area contributed by atoms with E-state index in [0.717, 1.165) is 24.2 Å². The van der Waals surface area contributed by atoms with Gasteiger partial charge in [-0.2, -0.15) is 0 Å². The molecule has 0 aliphatic carbocycles. The lowest BCUT2D eigenvalue weighted by atomic mass is 10.2. The molecule has 0 spiro atoms. The Morgan fingerprint density at radius 3 is 2.86 bits per heavy atom. The van der Waals surface area contributed by atoms with E-state index in [9.17, 15) is 13.6 Å². The van der Waals surface area contributed by atoms with E-state index in [4.69, 9.17) is 0 Å². The van der Waals surface area contributed by atoms with Gasteiger partial charge in [-0.25, -0.2) is 8.78 Å². The number of rotatable bonds is 3. The van der Waals surface area contributed by atoms with Crippen molar-refractivity contribution in [3.63, 3.8) is 0 Å². The molecule has 1 aromatic heterocycles. The summed E-state index contributed by atoms with van der Waals surface area (Å²) in [6, 6.07) is 7.10. The summed E-state index contributed by atoms with van der Waals surface area (Å²) < 4.78 is 26.2. The molecule has 6 heteroatoms. The molecule has 1 aliphatic rings. The van der Waals surface area contributed by atoms with Gasteiger partial charge in [0.15, 0.2) is 11.6 Å². The molecule has 1 amide bonds. The van der Waals surface area contributed by atoms with Crippen LogP contribution in [0.3, 0.4) is 0 Å². The molecule has 1 aliphatic heterocycles. The van der Waals surface area contributed by atoms with Crippen molar-refractivity contribution in [2.24, 2.45) is 0 Å². The lowest BCUT2D eigenvalue weighted by Gasteiger charge is -2.17. The van der Waals surface area contributed by atoms with E-state index in [-0.39, 0.29) is 17.5 Å². The third kappa shape index (κ3) is 3.05. The Hall–Kier alpha value is -2.50. The molecule has 1 atom stereocenters. The summed E-state index contributed by atoms with van der Waals surface area (Å²) in [5, 5.41) is 3.31. The van der Waals surface area contributed by atoms with Gasteiger partial charge < -0.3 is 10.2 Å². The molecule has 22 heavy (non-hydrogen) atoms. The van der Waals surface area contributed by atoms with E-state index < -0.39 is 11.6 Å². The van der Waals surface area contributed by atoms with Crippen LogP contribution in [-0.2, 0) is 0 Å². The van der Waals surface area contributed by atoms with Crippen LogP contribution >= 0.6 is 0 Å². The Bertz CT molecular complexity index is 678. The highest BCUT2D eigenvalue weighted by molar-refractivity contribution is 5.94. The SMILES string of the molecule is O=C(c1ccc(F)c(F)c1)N1CC[C@@H](Nc2cccnc2)C1. The lowest BCUT2D eigenvalue weighted by Crippen LogP contribution is -2.31. The van der Waals surface area contributed by atoms with Gasteiger partial charge in [-0.15, -0.1) is 0 Å². The summed E-state index contributed by atoms with van der Waals surface area (Å²) in [4.78, 5) is 18.0. The van der Waals surface area contributed by atoms with Crippen LogP contribution in [0.2, 0.25) is 0 Å². The molecule has 2 aromatic rings. The number of hydrogen-bond acceptors (Lipinski definition) is 3. The van der Waals surface area contributed by atoms with Gasteiger partial charge in [-0.1, -0.05) is 0 Å². The van der Waals surface area contributed by atoms with Gasteiger partial charge in [-0.05, 0) is 36.8 Å². The molecule has 1 N–H and O–H groups in total. The fourth-order valence-corrected chi connectivity index (χ4v) is 2.56. The van der Waals surface area contributed by atoms with Crippen LogP contribution in [0.1, 0.15) is 16.8 Å². The molecule has 0 saturated carbocycles. The molecule has 0 bridgehead atoms. The van der Waals surface area contributed by atoms with Crippen molar-refractivity contribution in [2.75, 3.05) is 18.4 Å². The first kappa shape index (κ1) is 14.4. The van der Waals surface area contributed by atoms with Crippen molar-refractivity contribution in [3.8, 4) is 0 Å². The first-order valence-electron chi connectivity index (χ1n) is 7.04. The number of nitrogens with zero attached hydrogens (tertiary/aromatic N) is 2. The van der Waals surface area contributed by atoms with Crippen molar-refractivity contribution in [3.05, 3.63) is 59.9 Å². The monoisotopic (exact) mass is 303 g/mol. The minimum absolute atomic E-state index is 0.124. The number of anilines is 1. The van der Waals surface area contributed by atoms with E-state index in [1.54, 1.807) is 17.3 Å². The maximum atomic E-state index is 13.2. The van der Waals surface area contributed by atoms with Crippen molar-refractivity contribution in [1.82, 2.24) is 9.88 Å². The van der Waals surface area contributed by atoms with Gasteiger partial charge in [0.05, 0.1) is 5.69 Å². The second-order valence-electron chi connectivity index (χ2n) is 5.25. The minimum atomic E-state index is -1.00. The summed E-state index contributed by atoms with van der Waals surface area (Å²) in [6.07, 6.45) is 4.21. The summed E-state index contributed by atoms with van der Waals surface area (Å²) >= 11 is 0. The van der Waals surface area contributed by atoms with Crippen molar-refractivity contribution < 1.29 is 13.6 Å². The third-order valence-electron chi connectivity index (χ3n) is 3.67. The van der Waals surface area contributed by atoms with Gasteiger partial charge in [0.2, 0.25) is 0 Å². The van der Waals surface area contributed by atoms with Crippen LogP contribution in [0.15, 0.2) is 42.7 Å². The summed E-state index contributed by atoms with van der Waals surface area (Å²) in [6.45, 7) is 1.10. The molecule has 0 radical (unpaired) electrons. The predicted molar refractivity (Wildman–Crippen MR) is 78.5 cm³/mol. The summed E-state index contributed by atoms with van der Waals surface area (Å²) in [5.74, 6) is -2.24. The second kappa shape index (κ2) is 6.09. The first-order valence-corrected chi connectivity index (χ1v) is 7.04. The number of halogens is 2. The topological polar surface area (TPSA) is 45.2 Å². The molecule has 1 aromatic carbocycles. The number of amides is 1. The van der Waals surface area contributed by atoms with E-state index >= 15 is 0 Å². The van der Waals surface area contributed by atoms with Crippen LogP contribution in [0.4, 0.5) is 14.5 Å². The zero-order valence-corrected chi connectivity index (χ0v) is 11.8. The Kier molecular flexibility index (Phi) is 4.00. The van der Waals surface area contributed by atoms with E-state index in [1.165, 1.54) is 6.07 Å². The van der Waals surface area contributed by atoms with Crippen molar-refractivity contribution in [2.45, 2.75) is 12.5 Å². The Morgan fingerprint density at radius 2 is 2.14 bits per heavy atom. The highest BCUT2D eigenvalue weighted by atomic mass is 19.2. The van der Waals surface area contributed by atoms with Crippen LogP contribution in [0.25, 0.3) is 0 Å². The normalized spacial score (nSPS) is 17.5. The van der Waals surface area contributed by atoms with Gasteiger partial charge in [0, 0.05) is 37.1 Å². The van der Waals surface area contributed by atoms with Crippen LogP contribution in [0, 0.1) is 11.6 Å². The summed E-state index contributed by atoms with van der Waals surface area (Å²) in [5.41, 5.74) is 1.07. The van der Waals surface area contributed by atoms with Gasteiger partial charge in [0.25, 0.3) is 5.91 Å². The number of carbonyl (C=O) groups is 1. The molecule has 114 valence electrons. The quantitative estimate of drug-likeness (QED) is 0.948. The largest absolute Gasteiger partial charge is 0.379 e. The standard InChI is InChI=1S/C16H15F2N3O/c17-14-4-3-11(8-15(14)18)16(22)21-7-5-13(10-21)20-12-2-1-6-19-9-12/h1-4,6,8-9,13,20H,5,7,10H2/t13-/m1/s1. The molecular weight excluding hydrogens is 288 g/mol. The average Bonchev–Trinajstić information content (AvgIpc) is 2.99. The maximum absolute atomic E-state index is 13.2. The highest BCUT2D eigenvalue weighted by Crippen LogP contribution is 2.18. The van der Waals surface area contributed by atoms with E-state index in [2.05, 4.69) is 10.3 Å². The predicted octanol–water partition coefficient (Wildman–Crippen LogP) is 2.69. The van der Waals surface area contributed by atoms with Gasteiger partial charge in [-0.3, -0.25) is 9.78 Å². The number of nitrogens with one attached hydrogen (secondary N) is 1. The Labute approximate surface area is 126 Å². The number of pyridine rings is 1. The van der Waals surface area contributed by atoms with Crippen molar-refractivity contribution in [1.29, 1.82) is 0 Å². The lowest BCUT2D eigenvalue weighted by molar-refractivity contribution is 0.0791. The van der Waals surface area contributed by atoms with Crippen LogP contribution in [0.5, 0.6) is 0 Å². The second-order valence-corrected chi connectivity index (χ2v) is 5.25. The van der Waals surface area contributed by atoms with E-state index in [0.29, 0.717) is 13.1 Å². The Morgan fingerprint density at radius 1 is 1.27 bits per heavy atom. The number of aromatic nitrogens is 1. The zero-order chi connectivity index (χ0) is 15.5. The molecule has 2 heterocycles. The summed E-state index contributed by atoms with van der Waals surface area (Å²) in [7, 11) is 0. The highest BCUT2D eigenvalue weighted by Gasteiger charge is 2.27. The zero-order valence-electron chi connectivity index (χ0n) is 11.8. The minimum Gasteiger partial charge on any atom is -0.379 e. The smallest absolute Gasteiger partial charge is 0.254 e. The Balaban J connectivity index is 1.64. The van der Waals surface area contributed by atoms with Gasteiger partial charge >= 0.3 is 0 Å². The third-order valence-corrected chi connectivity index (χ3v) is 3.67. The maximum Gasteiger partial charge on any atom is 0.254 e. The van der Waals surface area contributed by atoms with E-state index in [1.807, 2.05) is 12.1 Å². The fraction of sp³-hybridized carbons (Fsp3) is 0.250. The number of carbonyl (C=O) groups excluding carboxylic acids is 1. The van der Waals surface area contributed by atoms with Crippen LogP contribution in [-0.4, -0.2) is 34.9 Å². The molecule has 4 nitrogen and oxygen atoms in total. The number of hydrogen-bond donors (Lipinski definition) is 1. The first-order chi connectivity index (χ1) is 10.6. The van der Waals surface area contributed by atoms with Gasteiger partial charge in [0.1, 0.15) is 0 Å². The average molecular weight is 303 g/mol. The van der Waals surface area contributed by atoms with Crippen molar-refractivity contribution >= 4 is 11.6 Å². The molecule has 3 rings (SSSR count). The molecule has 0 unspecified atom stereocenters. The van der Waals surface area contributed by atoms with Crippen LogP contribution < -0.4 is 5.32 Å². The number of likely N-dealkylation sites (tertiary alicyclic amines) is 1. The molecule has 1 saturated heterocycles. The number of benzene rings is 1. The fourth-order valence-electron chi connectivity index (χ4n) is 2.56. The molecule has 1 fully saturated rings.